The molecular weight excluding hydrogens is 300 g/mol. The molecule has 6 nitrogen and oxygen atoms in total. The zero-order chi connectivity index (χ0) is 15.0. The fraction of sp³-hybridized carbons (Fsp3) is 1.00. The zero-order valence-electron chi connectivity index (χ0n) is 11.8. The van der Waals surface area contributed by atoms with Gasteiger partial charge in [0, 0.05) is 18.8 Å². The number of piperidine rings is 1. The van der Waals surface area contributed by atoms with Gasteiger partial charge in [-0.1, -0.05) is 6.42 Å². The van der Waals surface area contributed by atoms with Crippen LogP contribution in [-0.2, 0) is 19.9 Å². The van der Waals surface area contributed by atoms with Crippen LogP contribution >= 0.6 is 0 Å². The van der Waals surface area contributed by atoms with Gasteiger partial charge >= 0.3 is 0 Å². The van der Waals surface area contributed by atoms with E-state index in [-0.39, 0.29) is 11.3 Å². The van der Waals surface area contributed by atoms with Gasteiger partial charge in [-0.05, 0) is 38.0 Å². The highest BCUT2D eigenvalue weighted by molar-refractivity contribution is 7.91. The van der Waals surface area contributed by atoms with E-state index in [1.807, 2.05) is 0 Å². The van der Waals surface area contributed by atoms with Gasteiger partial charge in [-0.3, -0.25) is 0 Å². The smallest absolute Gasteiger partial charge is 0.213 e. The Morgan fingerprint density at radius 1 is 1.00 bits per heavy atom. The van der Waals surface area contributed by atoms with Crippen molar-refractivity contribution in [3.8, 4) is 0 Å². The molecule has 0 bridgehead atoms. The van der Waals surface area contributed by atoms with Crippen LogP contribution in [0.4, 0.5) is 0 Å². The Balaban J connectivity index is 1.94. The topological polar surface area (TPSA) is 106 Å². The second-order valence-corrected chi connectivity index (χ2v) is 10.4. The van der Waals surface area contributed by atoms with E-state index in [1.165, 1.54) is 6.26 Å². The lowest BCUT2D eigenvalue weighted by Gasteiger charge is -2.38. The molecule has 0 amide bonds. The van der Waals surface area contributed by atoms with Crippen LogP contribution in [0.2, 0.25) is 0 Å². The van der Waals surface area contributed by atoms with Crippen molar-refractivity contribution in [3.63, 3.8) is 0 Å². The van der Waals surface area contributed by atoms with Crippen LogP contribution < -0.4 is 10.5 Å². The number of sulfonamides is 1. The molecule has 4 unspecified atom stereocenters. The van der Waals surface area contributed by atoms with Gasteiger partial charge in [0.2, 0.25) is 10.0 Å². The molecule has 0 radical (unpaired) electrons. The molecule has 1 saturated heterocycles. The quantitative estimate of drug-likeness (QED) is 0.760. The minimum Gasteiger partial charge on any atom is -0.312 e. The Morgan fingerprint density at radius 3 is 2.20 bits per heavy atom. The zero-order valence-corrected chi connectivity index (χ0v) is 13.4. The number of primary sulfonamides is 1. The van der Waals surface area contributed by atoms with Crippen LogP contribution in [0.15, 0.2) is 0 Å². The Hall–Kier alpha value is -0.180. The molecule has 20 heavy (non-hydrogen) atoms. The number of sulfone groups is 1. The molecule has 0 aromatic carbocycles. The molecule has 0 spiro atoms. The van der Waals surface area contributed by atoms with Crippen LogP contribution in [0.25, 0.3) is 0 Å². The molecule has 0 aromatic heterocycles. The largest absolute Gasteiger partial charge is 0.312 e. The van der Waals surface area contributed by atoms with Crippen molar-refractivity contribution in [2.45, 2.75) is 55.1 Å². The lowest BCUT2D eigenvalue weighted by Crippen LogP contribution is -2.50. The van der Waals surface area contributed by atoms with E-state index < -0.39 is 25.1 Å². The number of nitrogens with two attached hydrogens (primary N) is 1. The van der Waals surface area contributed by atoms with E-state index in [4.69, 9.17) is 5.14 Å². The van der Waals surface area contributed by atoms with Crippen LogP contribution in [0.5, 0.6) is 0 Å². The van der Waals surface area contributed by atoms with Crippen molar-refractivity contribution < 1.29 is 16.8 Å². The maximum atomic E-state index is 11.7. The maximum Gasteiger partial charge on any atom is 0.213 e. The molecule has 1 aliphatic carbocycles. The summed E-state index contributed by atoms with van der Waals surface area (Å²) in [6.07, 6.45) is 6.02. The molecule has 2 fully saturated rings. The molecular formula is C12H24N2O4S2. The normalized spacial score (nSPS) is 36.7. The van der Waals surface area contributed by atoms with E-state index in [0.717, 1.165) is 25.7 Å². The predicted octanol–water partition coefficient (Wildman–Crippen LogP) is -0.00110. The summed E-state index contributed by atoms with van der Waals surface area (Å²) in [5.74, 6) is 0.324. The van der Waals surface area contributed by atoms with E-state index in [1.54, 1.807) is 0 Å². The summed E-state index contributed by atoms with van der Waals surface area (Å²) in [6.45, 7) is 0.379. The van der Waals surface area contributed by atoms with E-state index in [9.17, 15) is 16.8 Å². The van der Waals surface area contributed by atoms with Gasteiger partial charge in [0.15, 0.2) is 0 Å². The summed E-state index contributed by atoms with van der Waals surface area (Å²) in [5, 5.41) is 7.69. The first-order valence-electron chi connectivity index (χ1n) is 7.12. The summed E-state index contributed by atoms with van der Waals surface area (Å²) in [6, 6.07) is 0.220. The third-order valence-corrected chi connectivity index (χ3v) is 7.68. The average Bonchev–Trinajstić information content (AvgIpc) is 2.37. The molecule has 3 N–H and O–H groups in total. The number of hydrogen-bond donors (Lipinski definition) is 2. The molecule has 1 heterocycles. The third-order valence-electron chi connectivity index (χ3n) is 4.71. The van der Waals surface area contributed by atoms with E-state index in [0.29, 0.717) is 25.3 Å². The van der Waals surface area contributed by atoms with Gasteiger partial charge in [0.1, 0.15) is 9.84 Å². The fourth-order valence-corrected chi connectivity index (χ4v) is 5.46. The molecule has 0 aromatic rings. The van der Waals surface area contributed by atoms with Crippen molar-refractivity contribution in [1.29, 1.82) is 0 Å². The highest BCUT2D eigenvalue weighted by Crippen LogP contribution is 2.33. The molecule has 1 saturated carbocycles. The summed E-state index contributed by atoms with van der Waals surface area (Å²) in [5.41, 5.74) is 0. The van der Waals surface area contributed by atoms with Crippen LogP contribution in [-0.4, -0.2) is 46.2 Å². The minimum atomic E-state index is -3.47. The molecule has 8 heteroatoms. The first kappa shape index (κ1) is 16.2. The minimum absolute atomic E-state index is 0.220. The molecule has 2 rings (SSSR count). The average molecular weight is 324 g/mol. The summed E-state index contributed by atoms with van der Waals surface area (Å²) in [4.78, 5) is 0. The highest BCUT2D eigenvalue weighted by atomic mass is 32.2. The standard InChI is InChI=1S/C12H24N2O4S2/c1-19(15,16)10-4-2-3-9(7-10)12-6-5-11(8-14-12)20(13,17)18/h9-12,14H,2-8H2,1H3,(H2,13,17,18). The first-order chi connectivity index (χ1) is 9.18. The fourth-order valence-electron chi connectivity index (χ4n) is 3.47. The Bertz CT molecular complexity index is 536. The Labute approximate surface area is 121 Å². The second-order valence-electron chi connectivity index (χ2n) is 6.18. The van der Waals surface area contributed by atoms with Crippen molar-refractivity contribution in [2.24, 2.45) is 11.1 Å². The summed E-state index contributed by atoms with van der Waals surface area (Å²) < 4.78 is 46.0. The molecule has 1 aliphatic heterocycles. The summed E-state index contributed by atoms with van der Waals surface area (Å²) >= 11 is 0. The SMILES string of the molecule is CS(=O)(=O)C1CCCC(C2CCC(S(N)(=O)=O)CN2)C1. The van der Waals surface area contributed by atoms with Crippen molar-refractivity contribution >= 4 is 19.9 Å². The van der Waals surface area contributed by atoms with Gasteiger partial charge in [0.05, 0.1) is 10.5 Å². The molecule has 4 atom stereocenters. The van der Waals surface area contributed by atoms with Crippen molar-refractivity contribution in [2.75, 3.05) is 12.8 Å². The Morgan fingerprint density at radius 2 is 1.70 bits per heavy atom. The number of rotatable bonds is 3. The molecule has 2 aliphatic rings. The first-order valence-corrected chi connectivity index (χ1v) is 10.7. The second kappa shape index (κ2) is 5.90. The third kappa shape index (κ3) is 3.93. The number of hydrogen-bond acceptors (Lipinski definition) is 5. The predicted molar refractivity (Wildman–Crippen MR) is 78.5 cm³/mol. The van der Waals surface area contributed by atoms with E-state index >= 15 is 0 Å². The lowest BCUT2D eigenvalue weighted by molar-refractivity contribution is 0.236. The molecule has 118 valence electrons. The van der Waals surface area contributed by atoms with Crippen molar-refractivity contribution in [3.05, 3.63) is 0 Å². The van der Waals surface area contributed by atoms with Gasteiger partial charge in [0.25, 0.3) is 0 Å². The number of nitrogens with one attached hydrogen (secondary N) is 1. The van der Waals surface area contributed by atoms with Crippen LogP contribution in [0, 0.1) is 5.92 Å². The van der Waals surface area contributed by atoms with Crippen LogP contribution in [0.1, 0.15) is 38.5 Å². The van der Waals surface area contributed by atoms with Gasteiger partial charge in [-0.2, -0.15) is 0 Å². The highest BCUT2D eigenvalue weighted by Gasteiger charge is 2.36. The maximum absolute atomic E-state index is 11.7. The van der Waals surface area contributed by atoms with Crippen molar-refractivity contribution in [1.82, 2.24) is 5.32 Å². The Kier molecular flexibility index (Phi) is 4.78. The van der Waals surface area contributed by atoms with E-state index in [2.05, 4.69) is 5.32 Å². The summed E-state index contributed by atoms with van der Waals surface area (Å²) in [7, 11) is -6.45. The van der Waals surface area contributed by atoms with Gasteiger partial charge in [-0.25, -0.2) is 22.0 Å². The lowest BCUT2D eigenvalue weighted by atomic mass is 9.80. The monoisotopic (exact) mass is 324 g/mol. The van der Waals surface area contributed by atoms with Crippen LogP contribution in [0.3, 0.4) is 0 Å². The van der Waals surface area contributed by atoms with Gasteiger partial charge < -0.3 is 5.32 Å². The van der Waals surface area contributed by atoms with Gasteiger partial charge in [-0.15, -0.1) is 0 Å².